The molecular weight excluding hydrogens is 372 g/mol. The van der Waals surface area contributed by atoms with Crippen molar-refractivity contribution >= 4 is 29.4 Å². The zero-order valence-corrected chi connectivity index (χ0v) is 17.3. The van der Waals surface area contributed by atoms with Crippen LogP contribution in [0.5, 0.6) is 0 Å². The van der Waals surface area contributed by atoms with E-state index in [1.807, 2.05) is 39.0 Å². The lowest BCUT2D eigenvalue weighted by Gasteiger charge is -2.25. The third-order valence-corrected chi connectivity index (χ3v) is 5.02. The van der Waals surface area contributed by atoms with Crippen LogP contribution in [0.25, 0.3) is 0 Å². The number of para-hydroxylation sites is 1. The topological polar surface area (TPSA) is 108 Å². The minimum Gasteiger partial charge on any atom is -0.345 e. The molecule has 8 nitrogen and oxygen atoms in total. The summed E-state index contributed by atoms with van der Waals surface area (Å²) in [5, 5.41) is 8.00. The zero-order chi connectivity index (χ0) is 21.4. The van der Waals surface area contributed by atoms with Crippen LogP contribution in [0.15, 0.2) is 24.3 Å². The van der Waals surface area contributed by atoms with Crippen molar-refractivity contribution < 1.29 is 19.2 Å². The molecule has 1 saturated heterocycles. The maximum atomic E-state index is 12.8. The van der Waals surface area contributed by atoms with E-state index >= 15 is 0 Å². The van der Waals surface area contributed by atoms with Crippen LogP contribution in [0.1, 0.15) is 52.0 Å². The molecule has 0 bridgehead atoms. The van der Waals surface area contributed by atoms with Crippen molar-refractivity contribution in [2.24, 2.45) is 0 Å². The quantitative estimate of drug-likeness (QED) is 0.521. The molecule has 1 aliphatic heterocycles. The molecule has 3 N–H and O–H groups in total. The number of urea groups is 1. The highest BCUT2D eigenvalue weighted by Gasteiger charge is 2.50. The van der Waals surface area contributed by atoms with Crippen LogP contribution in [0, 0.1) is 0 Å². The van der Waals surface area contributed by atoms with Gasteiger partial charge in [-0.25, -0.2) is 4.79 Å². The molecule has 1 fully saturated rings. The Hall–Kier alpha value is -2.90. The number of aryl methyl sites for hydroxylation is 1. The molecule has 0 atom stereocenters. The predicted octanol–water partition coefficient (Wildman–Crippen LogP) is 2.19. The first-order valence-electron chi connectivity index (χ1n) is 10.1. The average molecular weight is 402 g/mol. The molecule has 0 saturated carbocycles. The van der Waals surface area contributed by atoms with E-state index in [4.69, 9.17) is 0 Å². The van der Waals surface area contributed by atoms with Crippen molar-refractivity contribution in [2.45, 2.75) is 58.4 Å². The third kappa shape index (κ3) is 5.34. The number of nitrogens with one attached hydrogen (secondary N) is 3. The van der Waals surface area contributed by atoms with Crippen molar-refractivity contribution in [2.75, 3.05) is 18.4 Å². The van der Waals surface area contributed by atoms with Gasteiger partial charge in [0.1, 0.15) is 12.1 Å². The van der Waals surface area contributed by atoms with E-state index in [-0.39, 0.29) is 18.4 Å². The molecule has 5 amide bonds. The van der Waals surface area contributed by atoms with Crippen molar-refractivity contribution in [3.05, 3.63) is 29.8 Å². The number of benzene rings is 1. The molecule has 1 heterocycles. The Kier molecular flexibility index (Phi) is 7.75. The fourth-order valence-electron chi connectivity index (χ4n) is 3.66. The summed E-state index contributed by atoms with van der Waals surface area (Å²) in [6.07, 6.45) is 3.31. The summed E-state index contributed by atoms with van der Waals surface area (Å²) in [4.78, 5) is 50.4. The average Bonchev–Trinajstić information content (AvgIpc) is 2.91. The molecule has 0 spiro atoms. The van der Waals surface area contributed by atoms with Crippen molar-refractivity contribution in [3.63, 3.8) is 0 Å². The summed E-state index contributed by atoms with van der Waals surface area (Å²) in [6.45, 7) is 5.24. The fraction of sp³-hybridized carbons (Fsp3) is 0.524. The van der Waals surface area contributed by atoms with Gasteiger partial charge in [-0.2, -0.15) is 0 Å². The second-order valence-electron chi connectivity index (χ2n) is 7.24. The van der Waals surface area contributed by atoms with Crippen molar-refractivity contribution in [1.29, 1.82) is 0 Å². The Labute approximate surface area is 171 Å². The Morgan fingerprint density at radius 3 is 2.31 bits per heavy atom. The van der Waals surface area contributed by atoms with E-state index in [0.717, 1.165) is 29.7 Å². The second kappa shape index (κ2) is 10.0. The minimum absolute atomic E-state index is 0.240. The van der Waals surface area contributed by atoms with E-state index in [1.165, 1.54) is 0 Å². The molecule has 29 heavy (non-hydrogen) atoms. The van der Waals surface area contributed by atoms with Gasteiger partial charge in [0.05, 0.1) is 6.54 Å². The number of hydrogen-bond acceptors (Lipinski definition) is 4. The highest BCUT2D eigenvalue weighted by molar-refractivity contribution is 6.09. The van der Waals surface area contributed by atoms with Crippen LogP contribution >= 0.6 is 0 Å². The number of carbonyl (C=O) groups is 4. The molecule has 0 radical (unpaired) electrons. The first-order chi connectivity index (χ1) is 13.9. The Morgan fingerprint density at radius 2 is 1.69 bits per heavy atom. The molecule has 1 aromatic rings. The van der Waals surface area contributed by atoms with E-state index in [2.05, 4.69) is 16.0 Å². The molecule has 0 aromatic heterocycles. The van der Waals surface area contributed by atoms with Crippen LogP contribution in [-0.4, -0.2) is 47.3 Å². The summed E-state index contributed by atoms with van der Waals surface area (Å²) < 4.78 is 0. The highest BCUT2D eigenvalue weighted by Crippen LogP contribution is 2.27. The minimum atomic E-state index is -0.928. The van der Waals surface area contributed by atoms with Crippen molar-refractivity contribution in [3.8, 4) is 0 Å². The van der Waals surface area contributed by atoms with Gasteiger partial charge in [-0.3, -0.25) is 19.3 Å². The van der Waals surface area contributed by atoms with Crippen LogP contribution in [-0.2, 0) is 20.8 Å². The van der Waals surface area contributed by atoms with Crippen LogP contribution in [0.2, 0.25) is 0 Å². The smallest absolute Gasteiger partial charge is 0.325 e. The van der Waals surface area contributed by atoms with E-state index in [9.17, 15) is 19.2 Å². The molecule has 0 aliphatic carbocycles. The molecule has 158 valence electrons. The first-order valence-corrected chi connectivity index (χ1v) is 10.1. The van der Waals surface area contributed by atoms with Crippen LogP contribution in [0.4, 0.5) is 10.5 Å². The largest absolute Gasteiger partial charge is 0.345 e. The van der Waals surface area contributed by atoms with Gasteiger partial charge in [-0.15, -0.1) is 0 Å². The van der Waals surface area contributed by atoms with E-state index in [1.54, 1.807) is 6.07 Å². The van der Waals surface area contributed by atoms with Gasteiger partial charge in [0.2, 0.25) is 11.8 Å². The highest BCUT2D eigenvalue weighted by atomic mass is 16.2. The number of anilines is 1. The SMILES string of the molecule is CCCC1(CCC)NC(=O)N(CC(=O)NCC(=O)Nc2ccccc2CC)C1=O. The summed E-state index contributed by atoms with van der Waals surface area (Å²) in [5.74, 6) is -1.30. The molecule has 0 unspecified atom stereocenters. The predicted molar refractivity (Wildman–Crippen MR) is 110 cm³/mol. The number of carbonyl (C=O) groups excluding carboxylic acids is 4. The number of imide groups is 1. The van der Waals surface area contributed by atoms with Crippen molar-refractivity contribution in [1.82, 2.24) is 15.5 Å². The third-order valence-electron chi connectivity index (χ3n) is 5.02. The Bertz CT molecular complexity index is 772. The van der Waals surface area contributed by atoms with Gasteiger partial charge in [-0.05, 0) is 30.9 Å². The van der Waals surface area contributed by atoms with Gasteiger partial charge in [-0.1, -0.05) is 51.8 Å². The van der Waals surface area contributed by atoms with Gasteiger partial charge in [0, 0.05) is 5.69 Å². The summed E-state index contributed by atoms with van der Waals surface area (Å²) in [7, 11) is 0. The van der Waals surface area contributed by atoms with Gasteiger partial charge < -0.3 is 16.0 Å². The van der Waals surface area contributed by atoms with E-state index in [0.29, 0.717) is 18.5 Å². The Morgan fingerprint density at radius 1 is 1.03 bits per heavy atom. The summed E-state index contributed by atoms with van der Waals surface area (Å²) in [6, 6.07) is 6.88. The molecule has 1 aromatic carbocycles. The summed E-state index contributed by atoms with van der Waals surface area (Å²) in [5.41, 5.74) is 0.768. The fourth-order valence-corrected chi connectivity index (χ4v) is 3.66. The maximum Gasteiger partial charge on any atom is 0.325 e. The number of hydrogen-bond donors (Lipinski definition) is 3. The Balaban J connectivity index is 1.91. The van der Waals surface area contributed by atoms with Gasteiger partial charge in [0.25, 0.3) is 5.91 Å². The maximum absolute atomic E-state index is 12.8. The first kappa shape index (κ1) is 22.4. The molecule has 2 rings (SSSR count). The zero-order valence-electron chi connectivity index (χ0n) is 17.3. The lowest BCUT2D eigenvalue weighted by Crippen LogP contribution is -2.47. The van der Waals surface area contributed by atoms with E-state index < -0.39 is 24.0 Å². The lowest BCUT2D eigenvalue weighted by molar-refractivity contribution is -0.135. The lowest BCUT2D eigenvalue weighted by atomic mass is 9.88. The van der Waals surface area contributed by atoms with Crippen LogP contribution in [0.3, 0.4) is 0 Å². The molecule has 8 heteroatoms. The standard InChI is InChI=1S/C21H30N4O4/c1-4-11-21(12-5-2)19(28)25(20(29)24-21)14-18(27)22-13-17(26)23-16-10-8-7-9-15(16)6-3/h7-10H,4-6,11-14H2,1-3H3,(H,22,27)(H,23,26)(H,24,29). The monoisotopic (exact) mass is 402 g/mol. The second-order valence-corrected chi connectivity index (χ2v) is 7.24. The normalized spacial score (nSPS) is 15.2. The molecular formula is C21H30N4O4. The summed E-state index contributed by atoms with van der Waals surface area (Å²) >= 11 is 0. The molecule has 1 aliphatic rings. The number of rotatable bonds is 10. The van der Waals surface area contributed by atoms with Gasteiger partial charge >= 0.3 is 6.03 Å². The van der Waals surface area contributed by atoms with Gasteiger partial charge in [0.15, 0.2) is 0 Å². The van der Waals surface area contributed by atoms with Crippen LogP contribution < -0.4 is 16.0 Å². The number of nitrogens with zero attached hydrogens (tertiary/aromatic N) is 1. The number of amides is 5.